The SMILES string of the molecule is CC(=O)c1cc(C2CC3CCC2(C)C3(C)C)c(O)cc1O. The molecule has 2 N–H and O–H groups in total. The van der Waals surface area contributed by atoms with Crippen LogP contribution >= 0.6 is 0 Å². The number of phenolic OH excluding ortho intramolecular Hbond substituents is 2. The van der Waals surface area contributed by atoms with Crippen LogP contribution in [0.4, 0.5) is 0 Å². The molecule has 0 saturated heterocycles. The van der Waals surface area contributed by atoms with E-state index in [-0.39, 0.29) is 34.0 Å². The average Bonchev–Trinajstić information content (AvgIpc) is 2.71. The molecule has 2 aliphatic carbocycles. The standard InChI is InChI=1S/C18H24O3/c1-10(19)12-8-13(16(21)9-15(12)20)14-7-11-5-6-18(14,4)17(11,2)3/h8-9,11,14,20-21H,5-7H2,1-4H3. The second kappa shape index (κ2) is 4.25. The number of phenols is 2. The molecular formula is C18H24O3. The molecule has 0 radical (unpaired) electrons. The molecule has 0 aliphatic heterocycles. The maximum atomic E-state index is 11.7. The molecule has 0 heterocycles. The lowest BCUT2D eigenvalue weighted by Gasteiger charge is -2.39. The van der Waals surface area contributed by atoms with Gasteiger partial charge in [-0.2, -0.15) is 0 Å². The zero-order chi connectivity index (χ0) is 15.6. The van der Waals surface area contributed by atoms with Crippen LogP contribution in [-0.4, -0.2) is 16.0 Å². The Morgan fingerprint density at radius 1 is 1.19 bits per heavy atom. The number of carbonyl (C=O) groups excluding carboxylic acids is 1. The summed E-state index contributed by atoms with van der Waals surface area (Å²) >= 11 is 0. The minimum absolute atomic E-state index is 0.118. The van der Waals surface area contributed by atoms with Crippen molar-refractivity contribution in [3.63, 3.8) is 0 Å². The van der Waals surface area contributed by atoms with E-state index in [1.54, 1.807) is 6.07 Å². The summed E-state index contributed by atoms with van der Waals surface area (Å²) in [5.74, 6) is 0.746. The summed E-state index contributed by atoms with van der Waals surface area (Å²) in [6.45, 7) is 8.41. The summed E-state index contributed by atoms with van der Waals surface area (Å²) in [7, 11) is 0. The van der Waals surface area contributed by atoms with Gasteiger partial charge in [0.15, 0.2) is 5.78 Å². The first kappa shape index (κ1) is 14.4. The fourth-order valence-electron chi connectivity index (χ4n) is 4.83. The molecule has 2 bridgehead atoms. The van der Waals surface area contributed by atoms with E-state index in [0.29, 0.717) is 11.5 Å². The Bertz CT molecular complexity index is 617. The second-order valence-electron chi connectivity index (χ2n) is 7.65. The van der Waals surface area contributed by atoms with Gasteiger partial charge in [0.05, 0.1) is 5.56 Å². The van der Waals surface area contributed by atoms with Crippen LogP contribution in [0.5, 0.6) is 11.5 Å². The first-order valence-electron chi connectivity index (χ1n) is 7.75. The molecule has 114 valence electrons. The molecule has 1 aromatic carbocycles. The van der Waals surface area contributed by atoms with E-state index in [2.05, 4.69) is 20.8 Å². The summed E-state index contributed by atoms with van der Waals surface area (Å²) in [5, 5.41) is 20.1. The quantitative estimate of drug-likeness (QED) is 0.801. The van der Waals surface area contributed by atoms with Crippen molar-refractivity contribution in [2.24, 2.45) is 16.7 Å². The molecule has 21 heavy (non-hydrogen) atoms. The van der Waals surface area contributed by atoms with Crippen LogP contribution < -0.4 is 0 Å². The summed E-state index contributed by atoms with van der Waals surface area (Å²) in [6, 6.07) is 3.04. The van der Waals surface area contributed by atoms with Gasteiger partial charge in [-0.1, -0.05) is 20.8 Å². The smallest absolute Gasteiger partial charge is 0.163 e. The molecule has 0 spiro atoms. The molecule has 3 unspecified atom stereocenters. The highest BCUT2D eigenvalue weighted by atomic mass is 16.3. The molecule has 3 nitrogen and oxygen atoms in total. The summed E-state index contributed by atoms with van der Waals surface area (Å²) in [6.07, 6.45) is 3.46. The van der Waals surface area contributed by atoms with Crippen LogP contribution in [-0.2, 0) is 0 Å². The summed E-state index contributed by atoms with van der Waals surface area (Å²) in [5.41, 5.74) is 1.53. The van der Waals surface area contributed by atoms with Gasteiger partial charge in [0.25, 0.3) is 0 Å². The maximum absolute atomic E-state index is 11.7. The van der Waals surface area contributed by atoms with Crippen molar-refractivity contribution in [2.45, 2.75) is 52.9 Å². The van der Waals surface area contributed by atoms with Crippen molar-refractivity contribution in [3.8, 4) is 11.5 Å². The number of rotatable bonds is 2. The Kier molecular flexibility index (Phi) is 2.92. The first-order chi connectivity index (χ1) is 9.68. The predicted octanol–water partition coefficient (Wildman–Crippen LogP) is 4.23. The Morgan fingerprint density at radius 3 is 2.33 bits per heavy atom. The van der Waals surface area contributed by atoms with E-state index >= 15 is 0 Å². The van der Waals surface area contributed by atoms with E-state index in [1.807, 2.05) is 0 Å². The van der Waals surface area contributed by atoms with E-state index in [4.69, 9.17) is 0 Å². The van der Waals surface area contributed by atoms with Gasteiger partial charge in [0.1, 0.15) is 11.5 Å². The zero-order valence-electron chi connectivity index (χ0n) is 13.2. The largest absolute Gasteiger partial charge is 0.508 e. The van der Waals surface area contributed by atoms with E-state index in [0.717, 1.165) is 18.4 Å². The van der Waals surface area contributed by atoms with E-state index < -0.39 is 0 Å². The minimum atomic E-state index is -0.165. The first-order valence-corrected chi connectivity index (χ1v) is 7.75. The van der Waals surface area contributed by atoms with Gasteiger partial charge >= 0.3 is 0 Å². The van der Waals surface area contributed by atoms with Crippen LogP contribution in [0.15, 0.2) is 12.1 Å². The van der Waals surface area contributed by atoms with Gasteiger partial charge in [-0.05, 0) is 60.5 Å². The van der Waals surface area contributed by atoms with Crippen LogP contribution in [0.25, 0.3) is 0 Å². The molecule has 3 heteroatoms. The Hall–Kier alpha value is -1.51. The average molecular weight is 288 g/mol. The van der Waals surface area contributed by atoms with E-state index in [1.165, 1.54) is 19.4 Å². The van der Waals surface area contributed by atoms with Crippen LogP contribution in [0.2, 0.25) is 0 Å². The number of fused-ring (bicyclic) bond motifs is 2. The molecule has 2 aliphatic rings. The third kappa shape index (κ3) is 1.76. The van der Waals surface area contributed by atoms with Crippen molar-refractivity contribution < 1.29 is 15.0 Å². The Balaban J connectivity index is 2.11. The fourth-order valence-corrected chi connectivity index (χ4v) is 4.83. The lowest BCUT2D eigenvalue weighted by molar-refractivity contribution is 0.101. The van der Waals surface area contributed by atoms with Crippen molar-refractivity contribution in [3.05, 3.63) is 23.3 Å². The zero-order valence-corrected chi connectivity index (χ0v) is 13.2. The normalized spacial score (nSPS) is 33.3. The molecule has 3 rings (SSSR count). The highest BCUT2D eigenvalue weighted by Crippen LogP contribution is 2.71. The Labute approximate surface area is 126 Å². The van der Waals surface area contributed by atoms with Crippen molar-refractivity contribution >= 4 is 5.78 Å². The van der Waals surface area contributed by atoms with Gasteiger partial charge in [-0.25, -0.2) is 0 Å². The third-order valence-corrected chi connectivity index (χ3v) is 6.69. The molecule has 1 aromatic rings. The van der Waals surface area contributed by atoms with Gasteiger partial charge in [-0.15, -0.1) is 0 Å². The number of ketones is 1. The number of aromatic hydroxyl groups is 2. The van der Waals surface area contributed by atoms with Crippen LogP contribution in [0.1, 0.15) is 68.8 Å². The number of hydrogen-bond acceptors (Lipinski definition) is 3. The van der Waals surface area contributed by atoms with E-state index in [9.17, 15) is 15.0 Å². The van der Waals surface area contributed by atoms with Crippen molar-refractivity contribution in [2.75, 3.05) is 0 Å². The lowest BCUT2D eigenvalue weighted by atomic mass is 9.65. The number of hydrogen-bond donors (Lipinski definition) is 2. The summed E-state index contributed by atoms with van der Waals surface area (Å²) in [4.78, 5) is 11.7. The van der Waals surface area contributed by atoms with Crippen LogP contribution in [0.3, 0.4) is 0 Å². The molecule has 0 amide bonds. The van der Waals surface area contributed by atoms with Gasteiger partial charge in [-0.3, -0.25) is 4.79 Å². The maximum Gasteiger partial charge on any atom is 0.163 e. The molecule has 3 atom stereocenters. The van der Waals surface area contributed by atoms with Crippen molar-refractivity contribution in [1.82, 2.24) is 0 Å². The lowest BCUT2D eigenvalue weighted by Crippen LogP contribution is -2.31. The van der Waals surface area contributed by atoms with Crippen LogP contribution in [0, 0.1) is 16.7 Å². The molecule has 2 saturated carbocycles. The third-order valence-electron chi connectivity index (χ3n) is 6.69. The molecular weight excluding hydrogens is 264 g/mol. The molecule has 2 fully saturated rings. The highest BCUT2D eigenvalue weighted by Gasteiger charge is 2.61. The summed E-state index contributed by atoms with van der Waals surface area (Å²) < 4.78 is 0. The van der Waals surface area contributed by atoms with Crippen molar-refractivity contribution in [1.29, 1.82) is 0 Å². The topological polar surface area (TPSA) is 57.5 Å². The number of benzene rings is 1. The number of Topliss-reactive ketones (excluding diaryl/α,β-unsaturated/α-hetero) is 1. The fraction of sp³-hybridized carbons (Fsp3) is 0.611. The minimum Gasteiger partial charge on any atom is -0.508 e. The number of carbonyl (C=O) groups is 1. The van der Waals surface area contributed by atoms with Gasteiger partial charge in [0, 0.05) is 6.07 Å². The highest BCUT2D eigenvalue weighted by molar-refractivity contribution is 5.97. The second-order valence-corrected chi connectivity index (χ2v) is 7.65. The monoisotopic (exact) mass is 288 g/mol. The predicted molar refractivity (Wildman–Crippen MR) is 81.7 cm³/mol. The van der Waals surface area contributed by atoms with Gasteiger partial charge in [0.2, 0.25) is 0 Å². The molecule has 0 aromatic heterocycles. The Morgan fingerprint density at radius 2 is 1.86 bits per heavy atom. The van der Waals surface area contributed by atoms with Gasteiger partial charge < -0.3 is 10.2 Å².